The van der Waals surface area contributed by atoms with Crippen LogP contribution in [0.5, 0.6) is 0 Å². The zero-order valence-electron chi connectivity index (χ0n) is 13.0. The third-order valence-corrected chi connectivity index (χ3v) is 3.38. The fourth-order valence-corrected chi connectivity index (χ4v) is 2.11. The Balaban J connectivity index is 3.12. The molecule has 0 bridgehead atoms. The van der Waals surface area contributed by atoms with E-state index >= 15 is 0 Å². The van der Waals surface area contributed by atoms with Crippen molar-refractivity contribution in [3.8, 4) is 0 Å². The van der Waals surface area contributed by atoms with Crippen LogP contribution in [-0.2, 0) is 0 Å². The highest BCUT2D eigenvalue weighted by atomic mass is 14.5. The molecule has 0 atom stereocenters. The maximum absolute atomic E-state index is 7.06. The third kappa shape index (κ3) is 17.4. The zero-order chi connectivity index (χ0) is 14.0. The molecule has 0 aromatic heterocycles. The van der Waals surface area contributed by atoms with Gasteiger partial charge in [0.2, 0.25) is 0 Å². The Bertz CT molecular complexity index is 206. The number of unbranched alkanes of at least 4 members (excludes halogenated alkanes) is 9. The largest absolute Gasteiger partial charge is 0.258 e. The second kappa shape index (κ2) is 17.4. The summed E-state index contributed by atoms with van der Waals surface area (Å²) in [6.07, 6.45) is 24.6. The summed E-state index contributed by atoms with van der Waals surface area (Å²) in [6.45, 7) is 2.86. The first-order chi connectivity index (χ1) is 9.41. The molecule has 1 N–H and O–H groups in total. The van der Waals surface area contributed by atoms with Crippen LogP contribution in [0.2, 0.25) is 0 Å². The molecule has 0 saturated carbocycles. The van der Waals surface area contributed by atoms with Gasteiger partial charge in [-0.15, -0.1) is 0 Å². The smallest absolute Gasteiger partial charge is 0.00997 e. The average molecular weight is 264 g/mol. The van der Waals surface area contributed by atoms with Crippen molar-refractivity contribution in [2.75, 3.05) is 6.54 Å². The van der Waals surface area contributed by atoms with Gasteiger partial charge in [-0.25, -0.2) is 0 Å². The molecule has 0 aliphatic carbocycles. The molecule has 0 amide bonds. The molecule has 0 rings (SSSR count). The molecule has 0 aromatic carbocycles. The predicted molar refractivity (Wildman–Crippen MR) is 87.3 cm³/mol. The van der Waals surface area contributed by atoms with Gasteiger partial charge in [0.15, 0.2) is 0 Å². The standard InChI is InChI=1S/C18H34N/c1-2-3-4-5-6-7-8-9-10-11-12-13-14-15-16-17-18-19/h6-7,9-10,19H,2-5,8,11-18H2,1H3/b7-6-,10-9-. The van der Waals surface area contributed by atoms with Gasteiger partial charge in [0.05, 0.1) is 0 Å². The maximum atomic E-state index is 7.06. The number of rotatable bonds is 14. The van der Waals surface area contributed by atoms with E-state index in [-0.39, 0.29) is 0 Å². The van der Waals surface area contributed by atoms with Gasteiger partial charge in [-0.2, -0.15) is 0 Å². The first kappa shape index (κ1) is 18.4. The molecule has 0 fully saturated rings. The van der Waals surface area contributed by atoms with E-state index in [9.17, 15) is 0 Å². The molecule has 0 aliphatic heterocycles. The van der Waals surface area contributed by atoms with E-state index in [4.69, 9.17) is 5.73 Å². The summed E-state index contributed by atoms with van der Waals surface area (Å²) in [7, 11) is 0. The average Bonchev–Trinajstić information content (AvgIpc) is 2.43. The van der Waals surface area contributed by atoms with Crippen LogP contribution >= 0.6 is 0 Å². The lowest BCUT2D eigenvalue weighted by Crippen LogP contribution is -1.85. The van der Waals surface area contributed by atoms with Crippen molar-refractivity contribution in [3.05, 3.63) is 24.3 Å². The molecule has 0 unspecified atom stereocenters. The Morgan fingerprint density at radius 2 is 1.16 bits per heavy atom. The summed E-state index contributed by atoms with van der Waals surface area (Å²) in [4.78, 5) is 0. The molecule has 0 heterocycles. The molecule has 1 heteroatoms. The van der Waals surface area contributed by atoms with Gasteiger partial charge in [0.25, 0.3) is 0 Å². The Kier molecular flexibility index (Phi) is 16.9. The number of hydrogen-bond donors (Lipinski definition) is 0. The summed E-state index contributed by atoms with van der Waals surface area (Å²) in [5.74, 6) is 0. The van der Waals surface area contributed by atoms with Gasteiger partial charge in [-0.1, -0.05) is 69.8 Å². The first-order valence-electron chi connectivity index (χ1n) is 8.36. The van der Waals surface area contributed by atoms with Crippen molar-refractivity contribution < 1.29 is 0 Å². The molecule has 111 valence electrons. The molecule has 19 heavy (non-hydrogen) atoms. The van der Waals surface area contributed by atoms with Crippen LogP contribution in [0.3, 0.4) is 0 Å². The van der Waals surface area contributed by atoms with Crippen LogP contribution in [0, 0.1) is 0 Å². The van der Waals surface area contributed by atoms with Crippen LogP contribution in [-0.4, -0.2) is 6.54 Å². The van der Waals surface area contributed by atoms with Gasteiger partial charge in [-0.3, -0.25) is 5.73 Å². The van der Waals surface area contributed by atoms with E-state index in [2.05, 4.69) is 31.2 Å². The summed E-state index contributed by atoms with van der Waals surface area (Å²) in [5.41, 5.74) is 7.06. The number of allylic oxidation sites excluding steroid dienone is 4. The van der Waals surface area contributed by atoms with Crippen molar-refractivity contribution in [2.24, 2.45) is 0 Å². The van der Waals surface area contributed by atoms with Crippen LogP contribution in [0.25, 0.3) is 0 Å². The number of hydrogen-bond acceptors (Lipinski definition) is 0. The lowest BCUT2D eigenvalue weighted by molar-refractivity contribution is 0.598. The molecule has 0 saturated heterocycles. The number of nitrogens with one attached hydrogen (secondary N) is 1. The Hall–Kier alpha value is -0.560. The fraction of sp³-hybridized carbons (Fsp3) is 0.778. The lowest BCUT2D eigenvalue weighted by atomic mass is 10.1. The van der Waals surface area contributed by atoms with E-state index < -0.39 is 0 Å². The Morgan fingerprint density at radius 1 is 0.632 bits per heavy atom. The van der Waals surface area contributed by atoms with E-state index in [0.29, 0.717) is 6.54 Å². The maximum Gasteiger partial charge on any atom is 0.00997 e. The highest BCUT2D eigenvalue weighted by Gasteiger charge is 1.89. The van der Waals surface area contributed by atoms with E-state index in [1.54, 1.807) is 0 Å². The SMILES string of the molecule is CCCCC/C=C\C/C=C\CCCCCCCC[NH]. The summed E-state index contributed by atoms with van der Waals surface area (Å²) < 4.78 is 0. The highest BCUT2D eigenvalue weighted by Crippen LogP contribution is 2.07. The van der Waals surface area contributed by atoms with Crippen molar-refractivity contribution >= 4 is 0 Å². The highest BCUT2D eigenvalue weighted by molar-refractivity contribution is 4.92. The summed E-state index contributed by atoms with van der Waals surface area (Å²) in [6, 6.07) is 0. The Labute approximate surface area is 121 Å². The minimum Gasteiger partial charge on any atom is -0.258 e. The molecule has 0 aliphatic rings. The third-order valence-electron chi connectivity index (χ3n) is 3.38. The van der Waals surface area contributed by atoms with Gasteiger partial charge < -0.3 is 0 Å². The van der Waals surface area contributed by atoms with E-state index in [1.165, 1.54) is 64.2 Å². The van der Waals surface area contributed by atoms with Gasteiger partial charge in [0.1, 0.15) is 0 Å². The normalized spacial score (nSPS) is 11.9. The molecule has 1 radical (unpaired) electrons. The minimum absolute atomic E-state index is 0.606. The van der Waals surface area contributed by atoms with Crippen molar-refractivity contribution in [2.45, 2.75) is 84.0 Å². The molecule has 0 aromatic rings. The Morgan fingerprint density at radius 3 is 1.74 bits per heavy atom. The first-order valence-corrected chi connectivity index (χ1v) is 8.36. The van der Waals surface area contributed by atoms with Crippen LogP contribution in [0.1, 0.15) is 84.0 Å². The van der Waals surface area contributed by atoms with Crippen LogP contribution < -0.4 is 5.73 Å². The molecule has 0 spiro atoms. The second-order valence-corrected chi connectivity index (χ2v) is 5.33. The molecular weight excluding hydrogens is 230 g/mol. The summed E-state index contributed by atoms with van der Waals surface area (Å²) in [5, 5.41) is 0. The monoisotopic (exact) mass is 264 g/mol. The van der Waals surface area contributed by atoms with E-state index in [0.717, 1.165) is 12.8 Å². The molecule has 1 nitrogen and oxygen atoms in total. The van der Waals surface area contributed by atoms with Crippen LogP contribution in [0.4, 0.5) is 0 Å². The van der Waals surface area contributed by atoms with Gasteiger partial charge in [0, 0.05) is 6.54 Å². The lowest BCUT2D eigenvalue weighted by Gasteiger charge is -1.98. The van der Waals surface area contributed by atoms with Gasteiger partial charge in [-0.05, 0) is 38.5 Å². The van der Waals surface area contributed by atoms with E-state index in [1.807, 2.05) is 0 Å². The predicted octanol–water partition coefficient (Wildman–Crippen LogP) is 6.08. The molecular formula is C18H34N. The summed E-state index contributed by atoms with van der Waals surface area (Å²) >= 11 is 0. The quantitative estimate of drug-likeness (QED) is 0.268. The van der Waals surface area contributed by atoms with Gasteiger partial charge >= 0.3 is 0 Å². The second-order valence-electron chi connectivity index (χ2n) is 5.33. The topological polar surface area (TPSA) is 23.8 Å². The van der Waals surface area contributed by atoms with Crippen molar-refractivity contribution in [1.82, 2.24) is 5.73 Å². The minimum atomic E-state index is 0.606. The van der Waals surface area contributed by atoms with Crippen molar-refractivity contribution in [1.29, 1.82) is 0 Å². The zero-order valence-corrected chi connectivity index (χ0v) is 13.0. The fourth-order valence-electron chi connectivity index (χ4n) is 2.11. The van der Waals surface area contributed by atoms with Crippen molar-refractivity contribution in [3.63, 3.8) is 0 Å². The van der Waals surface area contributed by atoms with Crippen LogP contribution in [0.15, 0.2) is 24.3 Å².